The van der Waals surface area contributed by atoms with E-state index in [1.165, 1.54) is 0 Å². The third-order valence-electron chi connectivity index (χ3n) is 2.53. The molecule has 4 heteroatoms. The second-order valence-electron chi connectivity index (χ2n) is 4.69. The first-order valence-electron chi connectivity index (χ1n) is 5.36. The molecule has 0 spiro atoms. The molecule has 0 aliphatic rings. The highest BCUT2D eigenvalue weighted by Gasteiger charge is 2.17. The van der Waals surface area contributed by atoms with Crippen LogP contribution in [0, 0.1) is 12.3 Å². The summed E-state index contributed by atoms with van der Waals surface area (Å²) in [5.41, 5.74) is 6.88. The van der Waals surface area contributed by atoms with Crippen LogP contribution >= 0.6 is 0 Å². The summed E-state index contributed by atoms with van der Waals surface area (Å²) in [6, 6.07) is 3.53. The molecule has 1 amide bonds. The van der Waals surface area contributed by atoms with Crippen molar-refractivity contribution in [2.45, 2.75) is 20.8 Å². The van der Waals surface area contributed by atoms with Gasteiger partial charge in [-0.3, -0.25) is 9.78 Å². The number of nitrogens with two attached hydrogens (primary N) is 1. The first-order valence-corrected chi connectivity index (χ1v) is 5.36. The lowest BCUT2D eigenvalue weighted by Crippen LogP contribution is -2.38. The van der Waals surface area contributed by atoms with Gasteiger partial charge >= 0.3 is 0 Å². The zero-order chi connectivity index (χ0) is 12.2. The number of aryl methyl sites for hydroxylation is 1. The highest BCUT2D eigenvalue weighted by molar-refractivity contribution is 5.95. The molecular formula is C12H19N3O. The van der Waals surface area contributed by atoms with Gasteiger partial charge in [-0.15, -0.1) is 0 Å². The molecule has 0 saturated heterocycles. The Bertz CT molecular complexity index is 374. The molecule has 0 atom stereocenters. The van der Waals surface area contributed by atoms with Gasteiger partial charge in [-0.25, -0.2) is 0 Å². The zero-order valence-corrected chi connectivity index (χ0v) is 10.1. The summed E-state index contributed by atoms with van der Waals surface area (Å²) >= 11 is 0. The highest BCUT2D eigenvalue weighted by Crippen LogP contribution is 2.11. The van der Waals surface area contributed by atoms with Crippen molar-refractivity contribution in [3.8, 4) is 0 Å². The molecule has 0 aliphatic heterocycles. The number of amides is 1. The van der Waals surface area contributed by atoms with Gasteiger partial charge in [0.05, 0.1) is 5.56 Å². The molecule has 0 fully saturated rings. The minimum absolute atomic E-state index is 0.0776. The van der Waals surface area contributed by atoms with Crippen LogP contribution in [-0.2, 0) is 0 Å². The predicted molar refractivity (Wildman–Crippen MR) is 64.1 cm³/mol. The van der Waals surface area contributed by atoms with E-state index in [1.807, 2.05) is 20.8 Å². The predicted octanol–water partition coefficient (Wildman–Crippen LogP) is 1.10. The van der Waals surface area contributed by atoms with Gasteiger partial charge < -0.3 is 11.1 Å². The lowest BCUT2D eigenvalue weighted by atomic mass is 9.94. The van der Waals surface area contributed by atoms with Gasteiger partial charge in [0.2, 0.25) is 0 Å². The van der Waals surface area contributed by atoms with Gasteiger partial charge in [-0.1, -0.05) is 13.8 Å². The van der Waals surface area contributed by atoms with Crippen molar-refractivity contribution in [3.05, 3.63) is 29.6 Å². The molecule has 1 heterocycles. The number of nitrogens with zero attached hydrogens (tertiary/aromatic N) is 1. The third-order valence-corrected chi connectivity index (χ3v) is 2.53. The summed E-state index contributed by atoms with van der Waals surface area (Å²) in [6.45, 7) is 6.96. The topological polar surface area (TPSA) is 68.0 Å². The molecule has 3 N–H and O–H groups in total. The van der Waals surface area contributed by atoms with Gasteiger partial charge in [-0.05, 0) is 31.0 Å². The molecule has 16 heavy (non-hydrogen) atoms. The fraction of sp³-hybridized carbons (Fsp3) is 0.500. The van der Waals surface area contributed by atoms with E-state index in [1.54, 1.807) is 18.3 Å². The van der Waals surface area contributed by atoms with E-state index in [9.17, 15) is 4.79 Å². The lowest BCUT2D eigenvalue weighted by Gasteiger charge is -2.22. The van der Waals surface area contributed by atoms with Crippen LogP contribution in [0.3, 0.4) is 0 Å². The van der Waals surface area contributed by atoms with Crippen LogP contribution in [0.4, 0.5) is 0 Å². The second kappa shape index (κ2) is 5.07. The van der Waals surface area contributed by atoms with Crippen molar-refractivity contribution in [2.24, 2.45) is 11.1 Å². The average Bonchev–Trinajstić information content (AvgIpc) is 2.27. The zero-order valence-electron chi connectivity index (χ0n) is 10.1. The Morgan fingerprint density at radius 3 is 2.81 bits per heavy atom. The van der Waals surface area contributed by atoms with E-state index in [4.69, 9.17) is 5.73 Å². The van der Waals surface area contributed by atoms with E-state index in [0.29, 0.717) is 18.7 Å². The summed E-state index contributed by atoms with van der Waals surface area (Å²) < 4.78 is 0. The number of pyridine rings is 1. The van der Waals surface area contributed by atoms with Crippen LogP contribution in [0.15, 0.2) is 18.3 Å². The summed E-state index contributed by atoms with van der Waals surface area (Å²) in [5.74, 6) is -0.0906. The summed E-state index contributed by atoms with van der Waals surface area (Å²) in [4.78, 5) is 15.9. The Morgan fingerprint density at radius 2 is 2.25 bits per heavy atom. The fourth-order valence-corrected chi connectivity index (χ4v) is 1.21. The largest absolute Gasteiger partial charge is 0.351 e. The lowest BCUT2D eigenvalue weighted by molar-refractivity contribution is 0.0937. The number of hydrogen-bond acceptors (Lipinski definition) is 3. The first-order chi connectivity index (χ1) is 7.46. The van der Waals surface area contributed by atoms with Crippen molar-refractivity contribution in [1.29, 1.82) is 0 Å². The van der Waals surface area contributed by atoms with Gasteiger partial charge in [0.1, 0.15) is 0 Å². The van der Waals surface area contributed by atoms with E-state index in [2.05, 4.69) is 10.3 Å². The summed E-state index contributed by atoms with van der Waals surface area (Å²) in [6.07, 6.45) is 1.68. The Balaban J connectivity index is 2.64. The van der Waals surface area contributed by atoms with Gasteiger partial charge in [0, 0.05) is 18.4 Å². The number of carbonyl (C=O) groups excluding carboxylic acids is 1. The molecule has 0 bridgehead atoms. The molecule has 0 aromatic carbocycles. The summed E-state index contributed by atoms with van der Waals surface area (Å²) in [5, 5.41) is 2.87. The summed E-state index contributed by atoms with van der Waals surface area (Å²) in [7, 11) is 0. The Hall–Kier alpha value is -1.42. The monoisotopic (exact) mass is 221 g/mol. The van der Waals surface area contributed by atoms with E-state index < -0.39 is 0 Å². The van der Waals surface area contributed by atoms with Crippen LogP contribution in [0.2, 0.25) is 0 Å². The van der Waals surface area contributed by atoms with Crippen LogP contribution in [0.1, 0.15) is 29.9 Å². The molecular weight excluding hydrogens is 202 g/mol. The van der Waals surface area contributed by atoms with Gasteiger partial charge in [0.15, 0.2) is 0 Å². The molecule has 4 nitrogen and oxygen atoms in total. The Kier molecular flexibility index (Phi) is 4.01. The maximum atomic E-state index is 11.8. The smallest absolute Gasteiger partial charge is 0.253 e. The van der Waals surface area contributed by atoms with Crippen molar-refractivity contribution in [2.75, 3.05) is 13.1 Å². The Labute approximate surface area is 96.3 Å². The Morgan fingerprint density at radius 1 is 1.56 bits per heavy atom. The average molecular weight is 221 g/mol. The molecule has 0 aliphatic carbocycles. The molecule has 0 unspecified atom stereocenters. The molecule has 1 aromatic heterocycles. The van der Waals surface area contributed by atoms with Crippen molar-refractivity contribution in [1.82, 2.24) is 10.3 Å². The van der Waals surface area contributed by atoms with Crippen LogP contribution < -0.4 is 11.1 Å². The van der Waals surface area contributed by atoms with Crippen LogP contribution in [0.25, 0.3) is 0 Å². The van der Waals surface area contributed by atoms with Crippen molar-refractivity contribution >= 4 is 5.91 Å². The van der Waals surface area contributed by atoms with Crippen LogP contribution in [-0.4, -0.2) is 24.0 Å². The highest BCUT2D eigenvalue weighted by atomic mass is 16.1. The normalized spacial score (nSPS) is 11.2. The minimum atomic E-state index is -0.0906. The standard InChI is InChI=1S/C12H19N3O/c1-9-10(5-4-6-14-9)11(16)15-8-12(2,3)7-13/h4-6H,7-8,13H2,1-3H3,(H,15,16). The molecule has 1 rings (SSSR count). The molecule has 1 aromatic rings. The van der Waals surface area contributed by atoms with Gasteiger partial charge in [-0.2, -0.15) is 0 Å². The van der Waals surface area contributed by atoms with Crippen molar-refractivity contribution in [3.63, 3.8) is 0 Å². The second-order valence-corrected chi connectivity index (χ2v) is 4.69. The maximum Gasteiger partial charge on any atom is 0.253 e. The quantitative estimate of drug-likeness (QED) is 0.800. The number of rotatable bonds is 4. The van der Waals surface area contributed by atoms with Crippen molar-refractivity contribution < 1.29 is 4.79 Å². The van der Waals surface area contributed by atoms with Crippen LogP contribution in [0.5, 0.6) is 0 Å². The van der Waals surface area contributed by atoms with E-state index >= 15 is 0 Å². The van der Waals surface area contributed by atoms with E-state index in [0.717, 1.165) is 5.69 Å². The number of nitrogens with one attached hydrogen (secondary N) is 1. The minimum Gasteiger partial charge on any atom is -0.351 e. The molecule has 0 saturated carbocycles. The van der Waals surface area contributed by atoms with E-state index in [-0.39, 0.29) is 11.3 Å². The third kappa shape index (κ3) is 3.31. The maximum absolute atomic E-state index is 11.8. The van der Waals surface area contributed by atoms with Gasteiger partial charge in [0.25, 0.3) is 5.91 Å². The fourth-order valence-electron chi connectivity index (χ4n) is 1.21. The molecule has 88 valence electrons. The SMILES string of the molecule is Cc1ncccc1C(=O)NCC(C)(C)CN. The number of carbonyl (C=O) groups is 1. The number of hydrogen-bond donors (Lipinski definition) is 2. The molecule has 0 radical (unpaired) electrons. The number of aromatic nitrogens is 1. The first kappa shape index (κ1) is 12.6.